The number of ether oxygens (including phenoxy) is 2. The van der Waals surface area contributed by atoms with Crippen LogP contribution >= 0.6 is 11.6 Å². The van der Waals surface area contributed by atoms with Crippen LogP contribution in [0.5, 0.6) is 0 Å². The second-order valence-corrected chi connectivity index (χ2v) is 5.35. The molecule has 0 spiro atoms. The van der Waals surface area contributed by atoms with Gasteiger partial charge in [-0.2, -0.15) is 13.2 Å². The SMILES string of the molecule is CC(C)=CCO[C@]1(C(F)(F)F)OC(=O)Nc2ccc(Cl)cc21. The summed E-state index contributed by atoms with van der Waals surface area (Å²) in [5.41, 5.74) is 0.313. The summed E-state index contributed by atoms with van der Waals surface area (Å²) in [7, 11) is 0. The number of carbonyl (C=O) groups excluding carboxylic acids is 1. The Morgan fingerprint density at radius 1 is 1.45 bits per heavy atom. The minimum atomic E-state index is -4.97. The van der Waals surface area contributed by atoms with Gasteiger partial charge in [0.1, 0.15) is 0 Å². The van der Waals surface area contributed by atoms with Crippen LogP contribution in [0.3, 0.4) is 0 Å². The number of benzene rings is 1. The average Bonchev–Trinajstić information content (AvgIpc) is 2.37. The quantitative estimate of drug-likeness (QED) is 0.821. The Morgan fingerprint density at radius 3 is 2.73 bits per heavy atom. The first-order valence-corrected chi connectivity index (χ1v) is 6.67. The topological polar surface area (TPSA) is 47.6 Å². The van der Waals surface area contributed by atoms with Crippen LogP contribution in [0.15, 0.2) is 29.8 Å². The van der Waals surface area contributed by atoms with Gasteiger partial charge >= 0.3 is 18.1 Å². The van der Waals surface area contributed by atoms with Gasteiger partial charge in [0.05, 0.1) is 17.9 Å². The molecule has 4 nitrogen and oxygen atoms in total. The Bertz CT molecular complexity index is 626. The van der Waals surface area contributed by atoms with Crippen molar-refractivity contribution in [2.45, 2.75) is 25.8 Å². The Balaban J connectivity index is 2.55. The van der Waals surface area contributed by atoms with Gasteiger partial charge in [-0.05, 0) is 32.0 Å². The molecule has 1 amide bonds. The van der Waals surface area contributed by atoms with Gasteiger partial charge in [-0.25, -0.2) is 4.79 Å². The van der Waals surface area contributed by atoms with Crippen molar-refractivity contribution in [1.82, 2.24) is 0 Å². The number of anilines is 1. The van der Waals surface area contributed by atoms with Crippen molar-refractivity contribution in [1.29, 1.82) is 0 Å². The number of amides is 1. The molecular formula is C14H13ClF3NO3. The molecule has 1 aliphatic rings. The first-order valence-electron chi connectivity index (χ1n) is 6.30. The summed E-state index contributed by atoms with van der Waals surface area (Å²) in [4.78, 5) is 11.5. The Morgan fingerprint density at radius 2 is 2.14 bits per heavy atom. The first kappa shape index (κ1) is 16.6. The summed E-state index contributed by atoms with van der Waals surface area (Å²) in [5.74, 6) is -3.19. The Kier molecular flexibility index (Phi) is 4.39. The summed E-state index contributed by atoms with van der Waals surface area (Å²) in [6.45, 7) is 3.05. The zero-order valence-electron chi connectivity index (χ0n) is 11.8. The zero-order chi connectivity index (χ0) is 16.5. The molecule has 1 aromatic carbocycles. The molecule has 1 aliphatic heterocycles. The lowest BCUT2D eigenvalue weighted by Crippen LogP contribution is -2.52. The van der Waals surface area contributed by atoms with Crippen LogP contribution in [0.4, 0.5) is 23.7 Å². The highest BCUT2D eigenvalue weighted by atomic mass is 35.5. The van der Waals surface area contributed by atoms with Gasteiger partial charge in [0.15, 0.2) is 0 Å². The van der Waals surface area contributed by atoms with Crippen LogP contribution in [0.2, 0.25) is 5.02 Å². The van der Waals surface area contributed by atoms with Crippen molar-refractivity contribution in [3.63, 3.8) is 0 Å². The third-order valence-electron chi connectivity index (χ3n) is 2.96. The molecule has 22 heavy (non-hydrogen) atoms. The Hall–Kier alpha value is -1.73. The number of allylic oxidation sites excluding steroid dienone is 1. The molecule has 2 rings (SSSR count). The molecule has 0 saturated carbocycles. The van der Waals surface area contributed by atoms with E-state index >= 15 is 0 Å². The smallest absolute Gasteiger partial charge is 0.402 e. The number of rotatable bonds is 3. The van der Waals surface area contributed by atoms with Crippen molar-refractivity contribution in [2.75, 3.05) is 11.9 Å². The minimum Gasteiger partial charge on any atom is -0.402 e. The number of cyclic esters (lactones) is 1. The predicted molar refractivity (Wildman–Crippen MR) is 74.7 cm³/mol. The number of alkyl halides is 3. The number of hydrogen-bond acceptors (Lipinski definition) is 3. The average molecular weight is 336 g/mol. The zero-order valence-corrected chi connectivity index (χ0v) is 12.5. The van der Waals surface area contributed by atoms with Gasteiger partial charge in [0.25, 0.3) is 0 Å². The maximum absolute atomic E-state index is 13.6. The van der Waals surface area contributed by atoms with E-state index in [0.29, 0.717) is 0 Å². The fraction of sp³-hybridized carbons (Fsp3) is 0.357. The molecule has 1 heterocycles. The molecule has 0 aromatic heterocycles. The van der Waals surface area contributed by atoms with Crippen LogP contribution < -0.4 is 5.32 Å². The highest BCUT2D eigenvalue weighted by molar-refractivity contribution is 6.30. The predicted octanol–water partition coefficient (Wildman–Crippen LogP) is 4.60. The Labute approximate surface area is 129 Å². The highest BCUT2D eigenvalue weighted by Gasteiger charge is 2.64. The summed E-state index contributed by atoms with van der Waals surface area (Å²) in [5, 5.41) is 2.27. The lowest BCUT2D eigenvalue weighted by Gasteiger charge is -2.38. The van der Waals surface area contributed by atoms with Gasteiger partial charge in [-0.1, -0.05) is 23.3 Å². The maximum atomic E-state index is 13.6. The van der Waals surface area contributed by atoms with Gasteiger partial charge in [-0.15, -0.1) is 0 Å². The summed E-state index contributed by atoms with van der Waals surface area (Å²) >= 11 is 5.77. The fourth-order valence-electron chi connectivity index (χ4n) is 1.94. The molecule has 0 fully saturated rings. The molecular weight excluding hydrogens is 323 g/mol. The van der Waals surface area contributed by atoms with Crippen LogP contribution in [-0.4, -0.2) is 18.9 Å². The molecule has 1 N–H and O–H groups in total. The molecule has 0 bridgehead atoms. The van der Waals surface area contributed by atoms with Crippen molar-refractivity contribution < 1.29 is 27.4 Å². The second kappa shape index (κ2) is 5.81. The molecule has 120 valence electrons. The van der Waals surface area contributed by atoms with Gasteiger partial charge in [0.2, 0.25) is 0 Å². The van der Waals surface area contributed by atoms with E-state index in [2.05, 4.69) is 10.1 Å². The van der Waals surface area contributed by atoms with E-state index in [-0.39, 0.29) is 17.3 Å². The standard InChI is InChI=1S/C14H13ClF3NO3/c1-8(2)5-6-21-13(14(16,17)18)10-7-9(15)3-4-11(10)19-12(20)22-13/h3-5,7H,6H2,1-2H3,(H,19,20)/t13-/m0/s1. The van der Waals surface area contributed by atoms with Gasteiger partial charge in [0, 0.05) is 5.02 Å². The monoisotopic (exact) mass is 335 g/mol. The lowest BCUT2D eigenvalue weighted by atomic mass is 10.0. The van der Waals surface area contributed by atoms with E-state index < -0.39 is 23.6 Å². The third-order valence-corrected chi connectivity index (χ3v) is 3.20. The molecule has 0 saturated heterocycles. The summed E-state index contributed by atoms with van der Waals surface area (Å²) in [6.07, 6.45) is -4.77. The van der Waals surface area contributed by atoms with Crippen molar-refractivity contribution in [2.24, 2.45) is 0 Å². The number of nitrogens with one attached hydrogen (secondary N) is 1. The first-order chi connectivity index (χ1) is 10.2. The number of carbonyl (C=O) groups is 1. The van der Waals surface area contributed by atoms with Crippen molar-refractivity contribution >= 4 is 23.4 Å². The van der Waals surface area contributed by atoms with Gasteiger partial charge < -0.3 is 9.47 Å². The number of fused-ring (bicyclic) bond motifs is 1. The van der Waals surface area contributed by atoms with Crippen LogP contribution in [-0.2, 0) is 15.3 Å². The highest BCUT2D eigenvalue weighted by Crippen LogP contribution is 2.48. The number of halogens is 4. The van der Waals surface area contributed by atoms with Crippen molar-refractivity contribution in [3.05, 3.63) is 40.4 Å². The molecule has 8 heteroatoms. The molecule has 0 aliphatic carbocycles. The summed E-state index contributed by atoms with van der Waals surface area (Å²) < 4.78 is 50.3. The molecule has 1 aromatic rings. The molecule has 0 unspecified atom stereocenters. The van der Waals surface area contributed by atoms with E-state index in [1.54, 1.807) is 13.8 Å². The van der Waals surface area contributed by atoms with Gasteiger partial charge in [-0.3, -0.25) is 5.32 Å². The number of hydrogen-bond donors (Lipinski definition) is 1. The lowest BCUT2D eigenvalue weighted by molar-refractivity contribution is -0.368. The van der Waals surface area contributed by atoms with Crippen LogP contribution in [0.1, 0.15) is 19.4 Å². The normalized spacial score (nSPS) is 20.7. The van der Waals surface area contributed by atoms with Crippen LogP contribution in [0.25, 0.3) is 0 Å². The minimum absolute atomic E-state index is 0.0600. The molecule has 1 atom stereocenters. The van der Waals surface area contributed by atoms with E-state index in [1.165, 1.54) is 18.2 Å². The largest absolute Gasteiger partial charge is 0.460 e. The third kappa shape index (κ3) is 3.05. The van der Waals surface area contributed by atoms with Crippen LogP contribution in [0, 0.1) is 0 Å². The van der Waals surface area contributed by atoms with E-state index in [9.17, 15) is 18.0 Å². The fourth-order valence-corrected chi connectivity index (χ4v) is 2.12. The van der Waals surface area contributed by atoms with E-state index in [4.69, 9.17) is 16.3 Å². The van der Waals surface area contributed by atoms with Crippen molar-refractivity contribution in [3.8, 4) is 0 Å². The summed E-state index contributed by atoms with van der Waals surface area (Å²) in [6, 6.07) is 3.69. The maximum Gasteiger partial charge on any atom is 0.460 e. The second-order valence-electron chi connectivity index (χ2n) is 4.91. The van der Waals surface area contributed by atoms with E-state index in [0.717, 1.165) is 11.6 Å². The molecule has 0 radical (unpaired) electrons. The van der Waals surface area contributed by atoms with E-state index in [1.807, 2.05) is 0 Å².